The number of ether oxygens (including phenoxy) is 4. The highest BCUT2D eigenvalue weighted by Crippen LogP contribution is 2.33. The summed E-state index contributed by atoms with van der Waals surface area (Å²) in [5.74, 6) is 0.0592. The second-order valence-electron chi connectivity index (χ2n) is 5.41. The van der Waals surface area contributed by atoms with E-state index in [2.05, 4.69) is 4.74 Å². The molecule has 1 aliphatic heterocycles. The second kappa shape index (κ2) is 7.10. The molecule has 0 spiro atoms. The van der Waals surface area contributed by atoms with E-state index < -0.39 is 11.9 Å². The number of rotatable bonds is 7. The number of carbonyl (C=O) groups is 1. The number of methoxy groups -OCH3 is 1. The molecule has 0 aromatic carbocycles. The Morgan fingerprint density at radius 1 is 1.26 bits per heavy atom. The molecule has 110 valence electrons. The fraction of sp³-hybridized carbons (Fsp3) is 0.929. The molecule has 1 saturated carbocycles. The Kier molecular flexibility index (Phi) is 5.45. The van der Waals surface area contributed by atoms with Crippen LogP contribution in [0.4, 0.5) is 4.79 Å². The lowest BCUT2D eigenvalue weighted by atomic mass is 9.87. The Morgan fingerprint density at radius 2 is 2.00 bits per heavy atom. The summed E-state index contributed by atoms with van der Waals surface area (Å²) in [6.45, 7) is 1.79. The first-order chi connectivity index (χ1) is 9.24. The van der Waals surface area contributed by atoms with Crippen LogP contribution in [0, 0.1) is 5.92 Å². The smallest absolute Gasteiger partial charge is 0.438 e. The molecule has 0 aromatic rings. The minimum atomic E-state index is -0.780. The van der Waals surface area contributed by atoms with Crippen LogP contribution in [0.5, 0.6) is 0 Å². The van der Waals surface area contributed by atoms with Gasteiger partial charge >= 0.3 is 6.16 Å². The molecule has 0 amide bonds. The molecule has 19 heavy (non-hydrogen) atoms. The summed E-state index contributed by atoms with van der Waals surface area (Å²) in [5.41, 5.74) is 0. The zero-order chi connectivity index (χ0) is 13.6. The fourth-order valence-corrected chi connectivity index (χ4v) is 2.58. The van der Waals surface area contributed by atoms with Gasteiger partial charge < -0.3 is 18.9 Å². The molecule has 0 N–H and O–H groups in total. The van der Waals surface area contributed by atoms with Crippen LogP contribution in [-0.4, -0.2) is 38.9 Å². The third-order valence-electron chi connectivity index (χ3n) is 3.92. The van der Waals surface area contributed by atoms with Gasteiger partial charge in [0.2, 0.25) is 5.79 Å². The van der Waals surface area contributed by atoms with Crippen LogP contribution in [0.15, 0.2) is 0 Å². The van der Waals surface area contributed by atoms with Gasteiger partial charge in [-0.25, -0.2) is 4.79 Å². The van der Waals surface area contributed by atoms with Crippen molar-refractivity contribution in [2.24, 2.45) is 5.92 Å². The van der Waals surface area contributed by atoms with E-state index in [-0.39, 0.29) is 0 Å². The van der Waals surface area contributed by atoms with Crippen molar-refractivity contribution in [1.82, 2.24) is 0 Å². The predicted molar refractivity (Wildman–Crippen MR) is 68.8 cm³/mol. The van der Waals surface area contributed by atoms with Crippen molar-refractivity contribution in [3.8, 4) is 0 Å². The van der Waals surface area contributed by atoms with E-state index in [1.807, 2.05) is 0 Å². The molecule has 2 rings (SSSR count). The van der Waals surface area contributed by atoms with Crippen LogP contribution < -0.4 is 0 Å². The summed E-state index contributed by atoms with van der Waals surface area (Å²) >= 11 is 0. The average molecular weight is 272 g/mol. The maximum absolute atomic E-state index is 11.0. The van der Waals surface area contributed by atoms with Gasteiger partial charge in [0, 0.05) is 13.0 Å². The molecular weight excluding hydrogens is 248 g/mol. The highest BCUT2D eigenvalue weighted by Gasteiger charge is 2.49. The topological polar surface area (TPSA) is 57.3 Å². The Hall–Kier alpha value is -0.810. The zero-order valence-electron chi connectivity index (χ0n) is 11.7. The van der Waals surface area contributed by atoms with Crippen molar-refractivity contribution in [3.05, 3.63) is 0 Å². The maximum atomic E-state index is 11.0. The first-order valence-electron chi connectivity index (χ1n) is 7.23. The number of hydrogen-bond donors (Lipinski definition) is 0. The van der Waals surface area contributed by atoms with Crippen LogP contribution in [-0.2, 0) is 18.9 Å². The van der Waals surface area contributed by atoms with E-state index in [0.717, 1.165) is 18.9 Å². The van der Waals surface area contributed by atoms with Gasteiger partial charge in [-0.2, -0.15) is 0 Å². The van der Waals surface area contributed by atoms with Gasteiger partial charge in [-0.3, -0.25) is 0 Å². The van der Waals surface area contributed by atoms with E-state index in [1.54, 1.807) is 0 Å². The molecule has 1 atom stereocenters. The first kappa shape index (κ1) is 14.6. The molecule has 0 radical (unpaired) electrons. The van der Waals surface area contributed by atoms with Gasteiger partial charge in [-0.15, -0.1) is 0 Å². The summed E-state index contributed by atoms with van der Waals surface area (Å²) < 4.78 is 20.3. The lowest BCUT2D eigenvalue weighted by molar-refractivity contribution is -0.0449. The van der Waals surface area contributed by atoms with Crippen molar-refractivity contribution in [2.45, 2.75) is 50.7 Å². The highest BCUT2D eigenvalue weighted by atomic mass is 16.8. The van der Waals surface area contributed by atoms with Gasteiger partial charge in [-0.05, 0) is 12.3 Å². The van der Waals surface area contributed by atoms with Crippen molar-refractivity contribution < 1.29 is 23.7 Å². The standard InChI is InChI=1S/C14H24O5/c1-16-13(15)19-14(11-18-14)8-10-17-9-7-12-5-3-2-4-6-12/h12H,2-11H2,1H3. The summed E-state index contributed by atoms with van der Waals surface area (Å²) in [6.07, 6.45) is 7.85. The van der Waals surface area contributed by atoms with E-state index in [0.29, 0.717) is 19.6 Å². The summed E-state index contributed by atoms with van der Waals surface area (Å²) in [6, 6.07) is 0. The van der Waals surface area contributed by atoms with Gasteiger partial charge in [0.25, 0.3) is 0 Å². The minimum absolute atomic E-state index is 0.439. The molecule has 2 aliphatic rings. The molecule has 0 bridgehead atoms. The van der Waals surface area contributed by atoms with E-state index in [4.69, 9.17) is 14.2 Å². The normalized spacial score (nSPS) is 27.0. The van der Waals surface area contributed by atoms with Crippen LogP contribution in [0.1, 0.15) is 44.9 Å². The summed E-state index contributed by atoms with van der Waals surface area (Å²) in [7, 11) is 1.29. The molecule has 5 nitrogen and oxygen atoms in total. The summed E-state index contributed by atoms with van der Waals surface area (Å²) in [4.78, 5) is 11.0. The van der Waals surface area contributed by atoms with Crippen molar-refractivity contribution in [1.29, 1.82) is 0 Å². The van der Waals surface area contributed by atoms with E-state index in [9.17, 15) is 4.79 Å². The van der Waals surface area contributed by atoms with Crippen molar-refractivity contribution in [3.63, 3.8) is 0 Å². The fourth-order valence-electron chi connectivity index (χ4n) is 2.58. The molecule has 2 fully saturated rings. The predicted octanol–water partition coefficient (Wildman–Crippen LogP) is 2.87. The molecule has 1 unspecified atom stereocenters. The van der Waals surface area contributed by atoms with Crippen LogP contribution in [0.3, 0.4) is 0 Å². The largest absolute Gasteiger partial charge is 0.510 e. The van der Waals surface area contributed by atoms with Crippen LogP contribution in [0.25, 0.3) is 0 Å². The van der Waals surface area contributed by atoms with Crippen LogP contribution in [0.2, 0.25) is 0 Å². The Labute approximate surface area is 114 Å². The van der Waals surface area contributed by atoms with E-state index in [1.165, 1.54) is 39.2 Å². The molecule has 1 aliphatic carbocycles. The van der Waals surface area contributed by atoms with Crippen LogP contribution >= 0.6 is 0 Å². The van der Waals surface area contributed by atoms with E-state index >= 15 is 0 Å². The van der Waals surface area contributed by atoms with Gasteiger partial charge in [-0.1, -0.05) is 32.1 Å². The van der Waals surface area contributed by atoms with Gasteiger partial charge in [0.05, 0.1) is 13.7 Å². The lowest BCUT2D eigenvalue weighted by Crippen LogP contribution is -2.23. The lowest BCUT2D eigenvalue weighted by Gasteiger charge is -2.21. The SMILES string of the molecule is COC(=O)OC1(CCOCCC2CCCCC2)CO1. The molecule has 1 heterocycles. The maximum Gasteiger partial charge on any atom is 0.510 e. The van der Waals surface area contributed by atoms with Gasteiger partial charge in [0.15, 0.2) is 0 Å². The zero-order valence-corrected chi connectivity index (χ0v) is 11.7. The monoisotopic (exact) mass is 272 g/mol. The summed E-state index contributed by atoms with van der Waals surface area (Å²) in [5, 5.41) is 0. The van der Waals surface area contributed by atoms with Gasteiger partial charge in [0.1, 0.15) is 6.61 Å². The third-order valence-corrected chi connectivity index (χ3v) is 3.92. The average Bonchev–Trinajstić information content (AvgIpc) is 3.19. The highest BCUT2D eigenvalue weighted by molar-refractivity contribution is 5.60. The number of epoxide rings is 1. The quantitative estimate of drug-likeness (QED) is 0.405. The molecule has 1 saturated heterocycles. The number of hydrogen-bond acceptors (Lipinski definition) is 5. The third kappa shape index (κ3) is 4.99. The molecule has 5 heteroatoms. The Balaban J connectivity index is 1.50. The van der Waals surface area contributed by atoms with Crippen molar-refractivity contribution >= 4 is 6.16 Å². The second-order valence-corrected chi connectivity index (χ2v) is 5.41. The first-order valence-corrected chi connectivity index (χ1v) is 7.23. The minimum Gasteiger partial charge on any atom is -0.438 e. The van der Waals surface area contributed by atoms with Crippen molar-refractivity contribution in [2.75, 3.05) is 26.9 Å². The molecule has 0 aromatic heterocycles. The molecular formula is C14H24O5. The Morgan fingerprint density at radius 3 is 2.63 bits per heavy atom. The number of carbonyl (C=O) groups excluding carboxylic acids is 1. The Bertz CT molecular complexity index is 282.